The fourth-order valence-electron chi connectivity index (χ4n) is 0.460. The Kier molecular flexibility index (Phi) is 5.24. The summed E-state index contributed by atoms with van der Waals surface area (Å²) in [6.07, 6.45) is 0.333. The van der Waals surface area contributed by atoms with Crippen molar-refractivity contribution in [3.8, 4) is 0 Å². The van der Waals surface area contributed by atoms with E-state index >= 15 is 0 Å². The molecule has 0 aliphatic rings. The number of hydrogen-bond donors (Lipinski definition) is 0. The summed E-state index contributed by atoms with van der Waals surface area (Å²) in [5.41, 5.74) is 0. The van der Waals surface area contributed by atoms with Crippen LogP contribution in [0.2, 0.25) is 0 Å². The van der Waals surface area contributed by atoms with Crippen molar-refractivity contribution in [1.82, 2.24) is 0 Å². The fourth-order valence-corrected chi connectivity index (χ4v) is 0.678. The maximum atomic E-state index is 10.5. The van der Waals surface area contributed by atoms with E-state index in [-0.39, 0.29) is 12.8 Å². The molecule has 0 N–H and O–H groups in total. The molecule has 0 saturated carbocycles. The Bertz CT molecular complexity index is 158. The first-order chi connectivity index (χ1) is 5.07. The predicted molar refractivity (Wildman–Crippen MR) is 41.8 cm³/mol. The maximum Gasteiger partial charge on any atom is 0.305 e. The summed E-state index contributed by atoms with van der Waals surface area (Å²) in [6, 6.07) is 0. The highest BCUT2D eigenvalue weighted by molar-refractivity contribution is 6.69. The van der Waals surface area contributed by atoms with E-state index in [2.05, 4.69) is 4.74 Å². The molecule has 0 aromatic rings. The SMILES string of the molecule is COC(=O)CCC(Cl)C(=O)Cl. The molecule has 1 atom stereocenters. The first-order valence-electron chi connectivity index (χ1n) is 2.98. The number of rotatable bonds is 4. The molecule has 64 valence electrons. The molecule has 0 aliphatic heterocycles. The number of alkyl halides is 1. The topological polar surface area (TPSA) is 43.4 Å². The number of esters is 1. The predicted octanol–water partition coefficient (Wildman–Crippen LogP) is 1.31. The molecular weight excluding hydrogens is 191 g/mol. The molecule has 3 nitrogen and oxygen atoms in total. The Morgan fingerprint density at radius 2 is 2.09 bits per heavy atom. The van der Waals surface area contributed by atoms with Gasteiger partial charge in [0.25, 0.3) is 0 Å². The van der Waals surface area contributed by atoms with Gasteiger partial charge in [0.15, 0.2) is 0 Å². The minimum absolute atomic E-state index is 0.114. The summed E-state index contributed by atoms with van der Waals surface area (Å²) in [7, 11) is 1.27. The highest BCUT2D eigenvalue weighted by atomic mass is 35.5. The number of carbonyl (C=O) groups is 2. The van der Waals surface area contributed by atoms with Crippen molar-refractivity contribution < 1.29 is 14.3 Å². The van der Waals surface area contributed by atoms with Crippen molar-refractivity contribution in [2.45, 2.75) is 18.2 Å². The van der Waals surface area contributed by atoms with Gasteiger partial charge in [0, 0.05) is 6.42 Å². The van der Waals surface area contributed by atoms with Crippen LogP contribution in [0.15, 0.2) is 0 Å². The Hall–Kier alpha value is -0.280. The zero-order valence-corrected chi connectivity index (χ0v) is 7.48. The van der Waals surface area contributed by atoms with Gasteiger partial charge in [-0.1, -0.05) is 0 Å². The van der Waals surface area contributed by atoms with Crippen molar-refractivity contribution in [2.75, 3.05) is 7.11 Å². The third-order valence-corrected chi connectivity index (χ3v) is 1.87. The molecule has 0 amide bonds. The molecule has 0 rings (SSSR count). The van der Waals surface area contributed by atoms with Gasteiger partial charge in [-0.25, -0.2) is 0 Å². The van der Waals surface area contributed by atoms with Crippen molar-refractivity contribution >= 4 is 34.4 Å². The molecule has 0 aromatic carbocycles. The van der Waals surface area contributed by atoms with E-state index in [0.717, 1.165) is 0 Å². The lowest BCUT2D eigenvalue weighted by molar-refractivity contribution is -0.140. The van der Waals surface area contributed by atoms with Crippen LogP contribution in [0.25, 0.3) is 0 Å². The van der Waals surface area contributed by atoms with E-state index in [0.29, 0.717) is 0 Å². The quantitative estimate of drug-likeness (QED) is 0.389. The van der Waals surface area contributed by atoms with Crippen molar-refractivity contribution in [1.29, 1.82) is 0 Å². The standard InChI is InChI=1S/C6H8Cl2O3/c1-11-5(9)3-2-4(7)6(8)10/h4H,2-3H2,1H3. The van der Waals surface area contributed by atoms with Gasteiger partial charge in [0.05, 0.1) is 7.11 Å². The molecule has 0 radical (unpaired) electrons. The highest BCUT2D eigenvalue weighted by Crippen LogP contribution is 2.09. The molecule has 0 fully saturated rings. The summed E-state index contributed by atoms with van der Waals surface area (Å²) in [6.45, 7) is 0. The Morgan fingerprint density at radius 1 is 1.55 bits per heavy atom. The molecule has 0 spiro atoms. The average molecular weight is 199 g/mol. The van der Waals surface area contributed by atoms with E-state index in [1.165, 1.54) is 7.11 Å². The van der Waals surface area contributed by atoms with Crippen LogP contribution in [0.1, 0.15) is 12.8 Å². The molecule has 1 unspecified atom stereocenters. The third kappa shape index (κ3) is 5.04. The molecule has 0 bridgehead atoms. The number of hydrogen-bond acceptors (Lipinski definition) is 3. The minimum Gasteiger partial charge on any atom is -0.469 e. The fraction of sp³-hybridized carbons (Fsp3) is 0.667. The van der Waals surface area contributed by atoms with Crippen LogP contribution in [0.4, 0.5) is 0 Å². The molecule has 0 aromatic heterocycles. The molecule has 0 aliphatic carbocycles. The average Bonchev–Trinajstić information content (AvgIpc) is 1.99. The Labute approximate surface area is 74.6 Å². The lowest BCUT2D eigenvalue weighted by Gasteiger charge is -2.01. The Morgan fingerprint density at radius 3 is 2.45 bits per heavy atom. The molecule has 11 heavy (non-hydrogen) atoms. The van der Waals surface area contributed by atoms with Gasteiger partial charge in [-0.05, 0) is 18.0 Å². The zero-order valence-electron chi connectivity index (χ0n) is 5.97. The summed E-state index contributed by atoms with van der Waals surface area (Å²) in [5, 5.41) is -1.44. The molecular formula is C6H8Cl2O3. The number of carbonyl (C=O) groups excluding carboxylic acids is 2. The van der Waals surface area contributed by atoms with Crippen LogP contribution in [0.3, 0.4) is 0 Å². The first kappa shape index (κ1) is 10.7. The van der Waals surface area contributed by atoms with Gasteiger partial charge in [-0.3, -0.25) is 9.59 Å². The lowest BCUT2D eigenvalue weighted by Crippen LogP contribution is -2.11. The van der Waals surface area contributed by atoms with Crippen LogP contribution >= 0.6 is 23.2 Å². The van der Waals surface area contributed by atoms with E-state index in [4.69, 9.17) is 23.2 Å². The number of ether oxygens (including phenoxy) is 1. The van der Waals surface area contributed by atoms with E-state index in [9.17, 15) is 9.59 Å². The monoisotopic (exact) mass is 198 g/mol. The zero-order chi connectivity index (χ0) is 8.85. The van der Waals surface area contributed by atoms with E-state index in [1.54, 1.807) is 0 Å². The molecule has 0 saturated heterocycles. The normalized spacial score (nSPS) is 12.3. The summed E-state index contributed by atoms with van der Waals surface area (Å²) in [5.74, 6) is -0.395. The summed E-state index contributed by atoms with van der Waals surface area (Å²) < 4.78 is 4.33. The van der Waals surface area contributed by atoms with Crippen LogP contribution in [-0.2, 0) is 14.3 Å². The van der Waals surface area contributed by atoms with Crippen molar-refractivity contribution in [2.24, 2.45) is 0 Å². The van der Waals surface area contributed by atoms with E-state index < -0.39 is 16.6 Å². The van der Waals surface area contributed by atoms with Crippen LogP contribution < -0.4 is 0 Å². The van der Waals surface area contributed by atoms with Gasteiger partial charge in [0.1, 0.15) is 5.38 Å². The largest absolute Gasteiger partial charge is 0.469 e. The second kappa shape index (κ2) is 5.38. The number of methoxy groups -OCH3 is 1. The third-order valence-electron chi connectivity index (χ3n) is 1.08. The van der Waals surface area contributed by atoms with Gasteiger partial charge >= 0.3 is 5.97 Å². The van der Waals surface area contributed by atoms with Crippen LogP contribution in [0.5, 0.6) is 0 Å². The van der Waals surface area contributed by atoms with Gasteiger partial charge in [0.2, 0.25) is 5.24 Å². The molecule has 5 heteroatoms. The van der Waals surface area contributed by atoms with Gasteiger partial charge < -0.3 is 4.74 Å². The van der Waals surface area contributed by atoms with Gasteiger partial charge in [-0.15, -0.1) is 11.6 Å². The minimum atomic E-state index is -0.796. The summed E-state index contributed by atoms with van der Waals surface area (Å²) >= 11 is 10.5. The molecule has 0 heterocycles. The second-order valence-corrected chi connectivity index (χ2v) is 2.79. The van der Waals surface area contributed by atoms with Crippen molar-refractivity contribution in [3.05, 3.63) is 0 Å². The first-order valence-corrected chi connectivity index (χ1v) is 3.79. The van der Waals surface area contributed by atoms with Crippen LogP contribution in [0, 0.1) is 0 Å². The Balaban J connectivity index is 3.54. The van der Waals surface area contributed by atoms with Crippen LogP contribution in [-0.4, -0.2) is 23.7 Å². The number of halogens is 2. The van der Waals surface area contributed by atoms with Crippen molar-refractivity contribution in [3.63, 3.8) is 0 Å². The smallest absolute Gasteiger partial charge is 0.305 e. The second-order valence-electron chi connectivity index (χ2n) is 1.89. The van der Waals surface area contributed by atoms with Gasteiger partial charge in [-0.2, -0.15) is 0 Å². The maximum absolute atomic E-state index is 10.5. The van der Waals surface area contributed by atoms with E-state index in [1.807, 2.05) is 0 Å². The summed E-state index contributed by atoms with van der Waals surface area (Å²) in [4.78, 5) is 20.8. The highest BCUT2D eigenvalue weighted by Gasteiger charge is 2.14. The lowest BCUT2D eigenvalue weighted by atomic mass is 10.2.